The van der Waals surface area contributed by atoms with Gasteiger partial charge in [0.2, 0.25) is 0 Å². The van der Waals surface area contributed by atoms with Gasteiger partial charge in [-0.15, -0.1) is 0 Å². The molecule has 2 aromatic carbocycles. The molecule has 0 unspecified atom stereocenters. The third-order valence-electron chi connectivity index (χ3n) is 4.04. The van der Waals surface area contributed by atoms with Crippen molar-refractivity contribution in [3.8, 4) is 34.5 Å². The number of hydrogen-bond acceptors (Lipinski definition) is 6. The van der Waals surface area contributed by atoms with Crippen molar-refractivity contribution in [1.82, 2.24) is 9.97 Å². The average molecular weight is 385 g/mol. The van der Waals surface area contributed by atoms with Crippen LogP contribution >= 0.6 is 0 Å². The number of nitrogens with one attached hydrogen (secondary N) is 1. The molecular formula is C19H14F3N5O. The van der Waals surface area contributed by atoms with E-state index in [1.807, 2.05) is 6.07 Å². The molecule has 0 saturated heterocycles. The number of alkyl halides is 3. The molecule has 3 rings (SSSR count). The molecule has 142 valence electrons. The van der Waals surface area contributed by atoms with Crippen LogP contribution < -0.4 is 11.1 Å². The number of nitriles is 1. The summed E-state index contributed by atoms with van der Waals surface area (Å²) in [5.74, 6) is -0.855. The zero-order chi connectivity index (χ0) is 20.5. The highest BCUT2D eigenvalue weighted by Crippen LogP contribution is 2.37. The zero-order valence-corrected chi connectivity index (χ0v) is 14.5. The summed E-state index contributed by atoms with van der Waals surface area (Å²) >= 11 is 0. The molecule has 0 atom stereocenters. The number of aromatic hydroxyl groups is 1. The Hall–Kier alpha value is -3.80. The Bertz CT molecular complexity index is 1090. The Labute approximate surface area is 158 Å². The zero-order valence-electron chi connectivity index (χ0n) is 14.5. The lowest BCUT2D eigenvalue weighted by atomic mass is 10.0. The van der Waals surface area contributed by atoms with Crippen molar-refractivity contribution in [2.45, 2.75) is 6.18 Å². The van der Waals surface area contributed by atoms with Gasteiger partial charge in [0.15, 0.2) is 5.82 Å². The summed E-state index contributed by atoms with van der Waals surface area (Å²) < 4.78 is 39.1. The first-order valence-corrected chi connectivity index (χ1v) is 8.01. The van der Waals surface area contributed by atoms with Gasteiger partial charge in [-0.2, -0.15) is 18.4 Å². The van der Waals surface area contributed by atoms with E-state index in [0.29, 0.717) is 5.56 Å². The number of halogens is 3. The minimum Gasteiger partial charge on any atom is -0.507 e. The maximum absolute atomic E-state index is 13.0. The number of phenols is 1. The molecule has 0 spiro atoms. The Kier molecular flexibility index (Phi) is 4.79. The lowest BCUT2D eigenvalue weighted by Crippen LogP contribution is -2.06. The predicted molar refractivity (Wildman–Crippen MR) is 98.2 cm³/mol. The van der Waals surface area contributed by atoms with Crippen LogP contribution in [-0.2, 0) is 6.18 Å². The molecule has 0 radical (unpaired) electrons. The van der Waals surface area contributed by atoms with Gasteiger partial charge < -0.3 is 16.2 Å². The summed E-state index contributed by atoms with van der Waals surface area (Å²) in [6.07, 6.45) is -4.61. The number of aromatic nitrogens is 2. The standard InChI is InChI=1S/C19H14F3N5O/c1-25-12-4-2-3-10(7-12)16-14(9-23)17(24)27-18(26-16)13-8-11(19(20,21)22)5-6-15(13)28/h2-8,25,28H,1H3,(H2,24,26,27). The van der Waals surface area contributed by atoms with Gasteiger partial charge >= 0.3 is 6.18 Å². The SMILES string of the molecule is CNc1cccc(-c2nc(-c3cc(C(F)(F)F)ccc3O)nc(N)c2C#N)c1. The van der Waals surface area contributed by atoms with Gasteiger partial charge in [0, 0.05) is 18.3 Å². The highest BCUT2D eigenvalue weighted by molar-refractivity contribution is 5.77. The molecule has 4 N–H and O–H groups in total. The summed E-state index contributed by atoms with van der Waals surface area (Å²) in [5.41, 5.74) is 6.05. The second-order valence-corrected chi connectivity index (χ2v) is 5.83. The first-order chi connectivity index (χ1) is 13.2. The summed E-state index contributed by atoms with van der Waals surface area (Å²) in [6.45, 7) is 0. The van der Waals surface area contributed by atoms with Crippen LogP contribution in [0.3, 0.4) is 0 Å². The van der Waals surface area contributed by atoms with E-state index in [0.717, 1.165) is 23.9 Å². The van der Waals surface area contributed by atoms with Crippen molar-refractivity contribution >= 4 is 11.5 Å². The molecule has 28 heavy (non-hydrogen) atoms. The molecule has 0 aliphatic rings. The molecule has 0 aliphatic carbocycles. The number of phenolic OH excluding ortho intramolecular Hbond substituents is 1. The smallest absolute Gasteiger partial charge is 0.416 e. The molecule has 1 heterocycles. The fraction of sp³-hybridized carbons (Fsp3) is 0.105. The Morgan fingerprint density at radius 3 is 2.54 bits per heavy atom. The van der Waals surface area contributed by atoms with E-state index in [1.54, 1.807) is 31.3 Å². The van der Waals surface area contributed by atoms with Gasteiger partial charge in [-0.25, -0.2) is 9.97 Å². The number of nitrogens with zero attached hydrogens (tertiary/aromatic N) is 3. The van der Waals surface area contributed by atoms with E-state index in [4.69, 9.17) is 5.73 Å². The molecule has 1 aromatic heterocycles. The maximum Gasteiger partial charge on any atom is 0.416 e. The molecule has 0 aliphatic heterocycles. The van der Waals surface area contributed by atoms with Crippen molar-refractivity contribution in [2.75, 3.05) is 18.1 Å². The summed E-state index contributed by atoms with van der Waals surface area (Å²) in [7, 11) is 1.71. The summed E-state index contributed by atoms with van der Waals surface area (Å²) in [6, 6.07) is 11.2. The van der Waals surface area contributed by atoms with Crippen LogP contribution in [0.4, 0.5) is 24.7 Å². The van der Waals surface area contributed by atoms with Gasteiger partial charge in [0.05, 0.1) is 16.8 Å². The fourth-order valence-corrected chi connectivity index (χ4v) is 2.63. The number of anilines is 2. The topological polar surface area (TPSA) is 108 Å². The number of nitrogen functional groups attached to an aromatic ring is 1. The molecule has 0 bridgehead atoms. The Morgan fingerprint density at radius 2 is 1.89 bits per heavy atom. The molecule has 6 nitrogen and oxygen atoms in total. The van der Waals surface area contributed by atoms with E-state index >= 15 is 0 Å². The second-order valence-electron chi connectivity index (χ2n) is 5.83. The fourth-order valence-electron chi connectivity index (χ4n) is 2.63. The molecule has 0 fully saturated rings. The van der Waals surface area contributed by atoms with E-state index in [1.165, 1.54) is 0 Å². The summed E-state index contributed by atoms with van der Waals surface area (Å²) in [5, 5.41) is 22.4. The highest BCUT2D eigenvalue weighted by Gasteiger charge is 2.31. The van der Waals surface area contributed by atoms with Gasteiger partial charge in [0.25, 0.3) is 0 Å². The van der Waals surface area contributed by atoms with Gasteiger partial charge in [-0.05, 0) is 30.3 Å². The van der Waals surface area contributed by atoms with Crippen LogP contribution in [0.25, 0.3) is 22.6 Å². The third-order valence-corrected chi connectivity index (χ3v) is 4.04. The minimum absolute atomic E-state index is 0.0107. The van der Waals surface area contributed by atoms with Crippen LogP contribution in [0.5, 0.6) is 5.75 Å². The number of nitrogens with two attached hydrogens (primary N) is 1. The second kappa shape index (κ2) is 7.08. The van der Waals surface area contributed by atoms with Crippen LogP contribution in [0.15, 0.2) is 42.5 Å². The number of hydrogen-bond donors (Lipinski definition) is 3. The maximum atomic E-state index is 13.0. The van der Waals surface area contributed by atoms with E-state index < -0.39 is 17.5 Å². The Morgan fingerprint density at radius 1 is 1.14 bits per heavy atom. The molecule has 0 amide bonds. The normalized spacial score (nSPS) is 11.1. The van der Waals surface area contributed by atoms with Crippen molar-refractivity contribution in [3.63, 3.8) is 0 Å². The molecule has 0 saturated carbocycles. The van der Waals surface area contributed by atoms with E-state index in [2.05, 4.69) is 15.3 Å². The van der Waals surface area contributed by atoms with Crippen molar-refractivity contribution in [3.05, 3.63) is 53.6 Å². The highest BCUT2D eigenvalue weighted by atomic mass is 19.4. The van der Waals surface area contributed by atoms with Crippen molar-refractivity contribution < 1.29 is 18.3 Å². The summed E-state index contributed by atoms with van der Waals surface area (Å²) in [4.78, 5) is 8.16. The number of rotatable bonds is 3. The van der Waals surface area contributed by atoms with Crippen LogP contribution in [0.1, 0.15) is 11.1 Å². The first kappa shape index (κ1) is 19.0. The monoisotopic (exact) mass is 385 g/mol. The molecule has 9 heteroatoms. The van der Waals surface area contributed by atoms with Crippen molar-refractivity contribution in [2.24, 2.45) is 0 Å². The minimum atomic E-state index is -4.61. The Balaban J connectivity index is 2.25. The predicted octanol–water partition coefficient (Wildman–Crippen LogP) is 4.03. The lowest BCUT2D eigenvalue weighted by molar-refractivity contribution is -0.137. The quantitative estimate of drug-likeness (QED) is 0.628. The van der Waals surface area contributed by atoms with Gasteiger partial charge in [-0.1, -0.05) is 12.1 Å². The average Bonchev–Trinajstić information content (AvgIpc) is 2.66. The van der Waals surface area contributed by atoms with Crippen molar-refractivity contribution in [1.29, 1.82) is 5.26 Å². The molecular weight excluding hydrogens is 371 g/mol. The number of benzene rings is 2. The van der Waals surface area contributed by atoms with E-state index in [9.17, 15) is 23.5 Å². The van der Waals surface area contributed by atoms with Crippen LogP contribution in [0, 0.1) is 11.3 Å². The van der Waals surface area contributed by atoms with E-state index in [-0.39, 0.29) is 28.5 Å². The first-order valence-electron chi connectivity index (χ1n) is 8.01. The largest absolute Gasteiger partial charge is 0.507 e. The van der Waals surface area contributed by atoms with Gasteiger partial charge in [-0.3, -0.25) is 0 Å². The lowest BCUT2D eigenvalue weighted by Gasteiger charge is -2.13. The van der Waals surface area contributed by atoms with Crippen LogP contribution in [-0.4, -0.2) is 22.1 Å². The van der Waals surface area contributed by atoms with Crippen LogP contribution in [0.2, 0.25) is 0 Å². The molecule has 3 aromatic rings. The van der Waals surface area contributed by atoms with Gasteiger partial charge in [0.1, 0.15) is 23.2 Å². The third kappa shape index (κ3) is 3.53.